The predicted octanol–water partition coefficient (Wildman–Crippen LogP) is 3.22. The molecule has 27 heavy (non-hydrogen) atoms. The number of hydrogen-bond donors (Lipinski definition) is 1. The highest BCUT2D eigenvalue weighted by molar-refractivity contribution is 6.30. The van der Waals surface area contributed by atoms with E-state index in [-0.39, 0.29) is 34.9 Å². The largest absolute Gasteiger partial charge is 0.375 e. The Balaban J connectivity index is 1.50. The average molecular weight is 395 g/mol. The van der Waals surface area contributed by atoms with Gasteiger partial charge in [0.2, 0.25) is 11.8 Å². The summed E-state index contributed by atoms with van der Waals surface area (Å²) < 4.78 is 19.9. The van der Waals surface area contributed by atoms with Gasteiger partial charge in [0.15, 0.2) is 0 Å². The van der Waals surface area contributed by atoms with Gasteiger partial charge >= 0.3 is 0 Å². The predicted molar refractivity (Wildman–Crippen MR) is 98.7 cm³/mol. The molecule has 1 N–H and O–H groups in total. The number of amides is 2. The lowest BCUT2D eigenvalue weighted by Gasteiger charge is -2.47. The highest BCUT2D eigenvalue weighted by Gasteiger charge is 2.46. The lowest BCUT2D eigenvalue weighted by molar-refractivity contribution is -0.143. The third kappa shape index (κ3) is 3.45. The molecule has 5 nitrogen and oxygen atoms in total. The van der Waals surface area contributed by atoms with Crippen LogP contribution in [0.5, 0.6) is 0 Å². The summed E-state index contributed by atoms with van der Waals surface area (Å²) in [4.78, 5) is 26.8. The summed E-state index contributed by atoms with van der Waals surface area (Å²) in [7, 11) is 1.66. The molecule has 4 rings (SSSR count). The lowest BCUT2D eigenvalue weighted by Crippen LogP contribution is -2.53. The summed E-state index contributed by atoms with van der Waals surface area (Å²) in [5.74, 6) is -1.34. The molecule has 3 aliphatic rings. The number of nitrogens with zero attached hydrogens (tertiary/aromatic N) is 1. The van der Waals surface area contributed by atoms with E-state index in [0.29, 0.717) is 12.2 Å². The van der Waals surface area contributed by atoms with Crippen LogP contribution in [0.1, 0.15) is 50.1 Å². The summed E-state index contributed by atoms with van der Waals surface area (Å²) in [5.41, 5.74) is 0.532. The number of rotatable bonds is 3. The summed E-state index contributed by atoms with van der Waals surface area (Å²) in [6.07, 6.45) is 5.02. The molecular weight excluding hydrogens is 371 g/mol. The topological polar surface area (TPSA) is 58.6 Å². The van der Waals surface area contributed by atoms with Crippen LogP contribution in [0, 0.1) is 11.7 Å². The second-order valence-electron chi connectivity index (χ2n) is 8.02. The molecule has 146 valence electrons. The first-order valence-corrected chi connectivity index (χ1v) is 9.91. The molecule has 0 bridgehead atoms. The number of benzene rings is 1. The average Bonchev–Trinajstić information content (AvgIpc) is 2.91. The van der Waals surface area contributed by atoms with Crippen LogP contribution in [0.4, 0.5) is 4.39 Å². The van der Waals surface area contributed by atoms with E-state index in [0.717, 1.165) is 25.7 Å². The van der Waals surface area contributed by atoms with Gasteiger partial charge in [-0.3, -0.25) is 9.59 Å². The second kappa shape index (κ2) is 7.06. The molecule has 1 saturated carbocycles. The van der Waals surface area contributed by atoms with Gasteiger partial charge in [-0.1, -0.05) is 17.7 Å². The minimum absolute atomic E-state index is 0.0275. The Hall–Kier alpha value is -1.66. The van der Waals surface area contributed by atoms with Gasteiger partial charge in [0, 0.05) is 26.1 Å². The Bertz CT molecular complexity index is 768. The normalized spacial score (nSPS) is 29.7. The fraction of sp³-hybridized carbons (Fsp3) is 0.600. The van der Waals surface area contributed by atoms with Crippen molar-refractivity contribution >= 4 is 23.4 Å². The van der Waals surface area contributed by atoms with Crippen LogP contribution in [0.25, 0.3) is 0 Å². The van der Waals surface area contributed by atoms with E-state index < -0.39 is 17.8 Å². The molecule has 3 atom stereocenters. The monoisotopic (exact) mass is 394 g/mol. The molecule has 3 fully saturated rings. The van der Waals surface area contributed by atoms with Crippen molar-refractivity contribution in [3.63, 3.8) is 0 Å². The molecule has 0 aromatic heterocycles. The third-order valence-electron chi connectivity index (χ3n) is 6.31. The number of carbonyl (C=O) groups is 2. The Kier molecular flexibility index (Phi) is 4.89. The van der Waals surface area contributed by atoms with E-state index in [1.54, 1.807) is 13.1 Å². The number of ether oxygens (including phenoxy) is 1. The fourth-order valence-electron chi connectivity index (χ4n) is 4.64. The van der Waals surface area contributed by atoms with Crippen LogP contribution in [0.15, 0.2) is 18.2 Å². The van der Waals surface area contributed by atoms with Gasteiger partial charge in [-0.15, -0.1) is 0 Å². The molecular formula is C20H24ClFN2O3. The highest BCUT2D eigenvalue weighted by Crippen LogP contribution is 2.43. The Morgan fingerprint density at radius 2 is 2.19 bits per heavy atom. The second-order valence-corrected chi connectivity index (χ2v) is 8.42. The molecule has 2 aliphatic heterocycles. The molecule has 1 aliphatic carbocycles. The van der Waals surface area contributed by atoms with E-state index in [2.05, 4.69) is 5.32 Å². The number of carbonyl (C=O) groups excluding carboxylic acids is 2. The van der Waals surface area contributed by atoms with Gasteiger partial charge in [-0.25, -0.2) is 4.39 Å². The van der Waals surface area contributed by atoms with Crippen molar-refractivity contribution in [1.82, 2.24) is 10.2 Å². The lowest BCUT2D eigenvalue weighted by atomic mass is 9.74. The number of nitrogens with one attached hydrogen (secondary N) is 1. The van der Waals surface area contributed by atoms with Crippen LogP contribution >= 0.6 is 11.6 Å². The van der Waals surface area contributed by atoms with E-state index >= 15 is 0 Å². The molecule has 2 heterocycles. The van der Waals surface area contributed by atoms with Crippen molar-refractivity contribution in [2.45, 2.75) is 56.2 Å². The Morgan fingerprint density at radius 1 is 1.41 bits per heavy atom. The number of likely N-dealkylation sites (tertiary alicyclic amines) is 1. The van der Waals surface area contributed by atoms with Crippen LogP contribution in [0.3, 0.4) is 0 Å². The molecule has 1 spiro atoms. The van der Waals surface area contributed by atoms with Crippen molar-refractivity contribution in [2.75, 3.05) is 13.7 Å². The maximum Gasteiger partial charge on any atom is 0.226 e. The van der Waals surface area contributed by atoms with Gasteiger partial charge < -0.3 is 15.0 Å². The third-order valence-corrected chi connectivity index (χ3v) is 6.62. The van der Waals surface area contributed by atoms with Gasteiger partial charge in [0.05, 0.1) is 22.6 Å². The SMILES string of the molecule is CN1C(=O)CC(C(=O)NC2CCOC3(CCC3)C2)C1c1ccc(Cl)c(F)c1. The van der Waals surface area contributed by atoms with E-state index in [1.807, 2.05) is 0 Å². The maximum atomic E-state index is 13.9. The van der Waals surface area contributed by atoms with Crippen LogP contribution in [-0.2, 0) is 14.3 Å². The molecule has 1 aromatic rings. The first kappa shape index (κ1) is 18.7. The molecule has 1 aromatic carbocycles. The smallest absolute Gasteiger partial charge is 0.226 e. The van der Waals surface area contributed by atoms with Crippen molar-refractivity contribution in [3.05, 3.63) is 34.6 Å². The summed E-state index contributed by atoms with van der Waals surface area (Å²) in [5, 5.41) is 3.16. The Morgan fingerprint density at radius 3 is 2.85 bits per heavy atom. The Labute approximate surface area is 163 Å². The van der Waals surface area contributed by atoms with E-state index in [1.165, 1.54) is 23.5 Å². The highest BCUT2D eigenvalue weighted by atomic mass is 35.5. The number of hydrogen-bond acceptors (Lipinski definition) is 3. The molecule has 7 heteroatoms. The number of halogens is 2. The van der Waals surface area contributed by atoms with Crippen molar-refractivity contribution in [3.8, 4) is 0 Å². The summed E-state index contributed by atoms with van der Waals surface area (Å²) in [6.45, 7) is 0.653. The zero-order chi connectivity index (χ0) is 19.2. The first-order chi connectivity index (χ1) is 12.9. The molecule has 2 amide bonds. The van der Waals surface area contributed by atoms with Crippen molar-refractivity contribution in [2.24, 2.45) is 5.92 Å². The van der Waals surface area contributed by atoms with Crippen LogP contribution in [0.2, 0.25) is 5.02 Å². The van der Waals surface area contributed by atoms with Crippen LogP contribution < -0.4 is 5.32 Å². The molecule has 0 radical (unpaired) electrons. The minimum atomic E-state index is -0.544. The summed E-state index contributed by atoms with van der Waals surface area (Å²) in [6, 6.07) is 4.05. The zero-order valence-electron chi connectivity index (χ0n) is 15.3. The molecule has 2 saturated heterocycles. The van der Waals surface area contributed by atoms with Gasteiger partial charge in [0.1, 0.15) is 5.82 Å². The molecule has 3 unspecified atom stereocenters. The van der Waals surface area contributed by atoms with E-state index in [4.69, 9.17) is 16.3 Å². The van der Waals surface area contributed by atoms with Gasteiger partial charge in [-0.05, 0) is 49.8 Å². The van der Waals surface area contributed by atoms with Crippen LogP contribution in [-0.4, -0.2) is 42.0 Å². The van der Waals surface area contributed by atoms with Crippen molar-refractivity contribution < 1.29 is 18.7 Å². The fourth-order valence-corrected chi connectivity index (χ4v) is 4.75. The quantitative estimate of drug-likeness (QED) is 0.856. The zero-order valence-corrected chi connectivity index (χ0v) is 16.1. The maximum absolute atomic E-state index is 13.9. The van der Waals surface area contributed by atoms with Gasteiger partial charge in [0.25, 0.3) is 0 Å². The van der Waals surface area contributed by atoms with Gasteiger partial charge in [-0.2, -0.15) is 0 Å². The summed E-state index contributed by atoms with van der Waals surface area (Å²) >= 11 is 5.78. The first-order valence-electron chi connectivity index (χ1n) is 9.53. The van der Waals surface area contributed by atoms with E-state index in [9.17, 15) is 14.0 Å². The van der Waals surface area contributed by atoms with Crippen molar-refractivity contribution in [1.29, 1.82) is 0 Å². The minimum Gasteiger partial charge on any atom is -0.375 e. The standard InChI is InChI=1S/C20H24ClFN2O3/c1-24-17(25)10-14(18(24)12-3-4-15(21)16(22)9-12)19(26)23-13-5-8-27-20(11-13)6-2-7-20/h3-4,9,13-14,18H,2,5-8,10-11H2,1H3,(H,23,26).